The molecule has 27 heavy (non-hydrogen) atoms. The van der Waals surface area contributed by atoms with Crippen LogP contribution in [0.4, 0.5) is 13.2 Å². The Hall–Kier alpha value is -2.33. The number of carbonyl (C=O) groups excluding carboxylic acids is 1. The first kappa shape index (κ1) is 21.0. The summed E-state index contributed by atoms with van der Waals surface area (Å²) in [6, 6.07) is 6.76. The molecule has 0 bridgehead atoms. The molecule has 2 aromatic rings. The molecule has 1 aromatic heterocycles. The van der Waals surface area contributed by atoms with Crippen molar-refractivity contribution in [2.24, 2.45) is 0 Å². The number of benzene rings is 1. The summed E-state index contributed by atoms with van der Waals surface area (Å²) in [6.45, 7) is 1.52. The number of alkyl halides is 3. The van der Waals surface area contributed by atoms with Crippen molar-refractivity contribution in [2.75, 3.05) is 20.3 Å². The fourth-order valence-electron chi connectivity index (χ4n) is 2.19. The summed E-state index contributed by atoms with van der Waals surface area (Å²) in [5.41, 5.74) is -2.99. The number of ether oxygens (including phenoxy) is 2. The predicted octanol–water partition coefficient (Wildman–Crippen LogP) is 2.80. The summed E-state index contributed by atoms with van der Waals surface area (Å²) in [7, 11) is 1.51. The highest BCUT2D eigenvalue weighted by Crippen LogP contribution is 2.42. The topological polar surface area (TPSA) is 80.7 Å². The van der Waals surface area contributed by atoms with Crippen molar-refractivity contribution in [3.63, 3.8) is 0 Å². The Morgan fingerprint density at radius 2 is 2.04 bits per heavy atom. The van der Waals surface area contributed by atoms with E-state index in [1.54, 1.807) is 24.3 Å². The van der Waals surface area contributed by atoms with Gasteiger partial charge in [0, 0.05) is 17.1 Å². The molecule has 0 aliphatic carbocycles. The van der Waals surface area contributed by atoms with E-state index in [0.29, 0.717) is 28.5 Å². The quantitative estimate of drug-likeness (QED) is 0.662. The first-order chi connectivity index (χ1) is 12.7. The van der Waals surface area contributed by atoms with E-state index in [4.69, 9.17) is 9.47 Å². The maximum atomic E-state index is 13.3. The van der Waals surface area contributed by atoms with E-state index < -0.39 is 29.1 Å². The second-order valence-electron chi connectivity index (χ2n) is 5.71. The van der Waals surface area contributed by atoms with E-state index in [1.165, 1.54) is 19.4 Å². The minimum absolute atomic E-state index is 0.0269. The van der Waals surface area contributed by atoms with Crippen LogP contribution in [0.1, 0.15) is 17.1 Å². The number of rotatable bonds is 8. The van der Waals surface area contributed by atoms with Gasteiger partial charge in [0.25, 0.3) is 0 Å². The van der Waals surface area contributed by atoms with Crippen molar-refractivity contribution < 1.29 is 32.5 Å². The van der Waals surface area contributed by atoms with E-state index in [-0.39, 0.29) is 13.2 Å². The standard InChI is InChI=1S/C17H19F3N2O4S/c1-11-10-27-15(22-11)16(24,17(18,19)20)9-14(23)21-6-7-26-13-5-3-4-12(8-13)25-2/h3-5,8,10,24H,6-7,9H2,1-2H3,(H,21,23). The molecule has 1 heterocycles. The van der Waals surface area contributed by atoms with Crippen LogP contribution in [-0.4, -0.2) is 42.4 Å². The lowest BCUT2D eigenvalue weighted by atomic mass is 9.99. The number of aliphatic hydroxyl groups is 1. The zero-order valence-corrected chi connectivity index (χ0v) is 15.5. The minimum atomic E-state index is -5.04. The van der Waals surface area contributed by atoms with Gasteiger partial charge < -0.3 is 19.9 Å². The van der Waals surface area contributed by atoms with Gasteiger partial charge in [-0.05, 0) is 19.1 Å². The Balaban J connectivity index is 1.90. The molecule has 2 rings (SSSR count). The molecule has 2 N–H and O–H groups in total. The van der Waals surface area contributed by atoms with Crippen LogP contribution in [0.2, 0.25) is 0 Å². The highest BCUT2D eigenvalue weighted by molar-refractivity contribution is 7.09. The third-order valence-corrected chi connectivity index (χ3v) is 4.70. The lowest BCUT2D eigenvalue weighted by Crippen LogP contribution is -2.46. The van der Waals surface area contributed by atoms with Gasteiger partial charge in [0.15, 0.2) is 0 Å². The Morgan fingerprint density at radius 3 is 2.63 bits per heavy atom. The number of aromatic nitrogens is 1. The van der Waals surface area contributed by atoms with Crippen molar-refractivity contribution >= 4 is 17.2 Å². The second kappa shape index (κ2) is 8.57. The first-order valence-electron chi connectivity index (χ1n) is 7.91. The van der Waals surface area contributed by atoms with Crippen LogP contribution in [0.15, 0.2) is 29.6 Å². The van der Waals surface area contributed by atoms with Crippen molar-refractivity contribution in [2.45, 2.75) is 25.1 Å². The smallest absolute Gasteiger partial charge is 0.424 e. The van der Waals surface area contributed by atoms with Crippen molar-refractivity contribution in [1.29, 1.82) is 0 Å². The Labute approximate surface area is 157 Å². The SMILES string of the molecule is COc1cccc(OCCNC(=O)CC(O)(c2nc(C)cs2)C(F)(F)F)c1. The highest BCUT2D eigenvalue weighted by Gasteiger charge is 2.58. The number of amides is 1. The molecule has 148 valence electrons. The third kappa shape index (κ3) is 5.33. The number of nitrogens with one attached hydrogen (secondary N) is 1. The summed E-state index contributed by atoms with van der Waals surface area (Å²) in [5, 5.41) is 13.2. The van der Waals surface area contributed by atoms with E-state index in [1.807, 2.05) is 0 Å². The van der Waals surface area contributed by atoms with Crippen LogP contribution in [0.5, 0.6) is 11.5 Å². The molecule has 10 heteroatoms. The molecule has 6 nitrogen and oxygen atoms in total. The zero-order valence-electron chi connectivity index (χ0n) is 14.7. The van der Waals surface area contributed by atoms with Crippen LogP contribution in [0.3, 0.4) is 0 Å². The normalized spacial score (nSPS) is 13.7. The van der Waals surface area contributed by atoms with Crippen LogP contribution in [0, 0.1) is 6.92 Å². The van der Waals surface area contributed by atoms with Gasteiger partial charge in [0.2, 0.25) is 11.5 Å². The molecule has 0 aliphatic heterocycles. The maximum absolute atomic E-state index is 13.3. The number of nitrogens with zero attached hydrogens (tertiary/aromatic N) is 1. The number of aryl methyl sites for hydroxylation is 1. The molecule has 0 aliphatic rings. The summed E-state index contributed by atoms with van der Waals surface area (Å²) in [4.78, 5) is 15.6. The molecule has 0 saturated carbocycles. The maximum Gasteiger partial charge on any atom is 0.424 e. The molecule has 0 saturated heterocycles. The lowest BCUT2D eigenvalue weighted by Gasteiger charge is -2.27. The molecule has 1 atom stereocenters. The molecule has 1 aromatic carbocycles. The largest absolute Gasteiger partial charge is 0.497 e. The lowest BCUT2D eigenvalue weighted by molar-refractivity contribution is -0.267. The van der Waals surface area contributed by atoms with Crippen molar-refractivity contribution in [3.05, 3.63) is 40.3 Å². The van der Waals surface area contributed by atoms with Gasteiger partial charge in [0.1, 0.15) is 23.1 Å². The number of halogens is 3. The number of thiazole rings is 1. The summed E-state index contributed by atoms with van der Waals surface area (Å²) in [5.74, 6) is 0.121. The van der Waals surface area contributed by atoms with Crippen molar-refractivity contribution in [1.82, 2.24) is 10.3 Å². The zero-order chi connectivity index (χ0) is 20.1. The number of carbonyl (C=O) groups is 1. The van der Waals surface area contributed by atoms with E-state index in [0.717, 1.165) is 0 Å². The van der Waals surface area contributed by atoms with Gasteiger partial charge in [-0.3, -0.25) is 4.79 Å². The van der Waals surface area contributed by atoms with Gasteiger partial charge >= 0.3 is 6.18 Å². The predicted molar refractivity (Wildman–Crippen MR) is 92.9 cm³/mol. The second-order valence-corrected chi connectivity index (χ2v) is 6.56. The number of hydrogen-bond acceptors (Lipinski definition) is 6. The van der Waals surface area contributed by atoms with Crippen LogP contribution in [0.25, 0.3) is 0 Å². The Kier molecular flexibility index (Phi) is 6.66. The van der Waals surface area contributed by atoms with Gasteiger partial charge in [-0.1, -0.05) is 6.07 Å². The van der Waals surface area contributed by atoms with Crippen LogP contribution >= 0.6 is 11.3 Å². The van der Waals surface area contributed by atoms with E-state index in [2.05, 4.69) is 10.3 Å². The molecule has 0 radical (unpaired) electrons. The monoisotopic (exact) mass is 404 g/mol. The van der Waals surface area contributed by atoms with E-state index in [9.17, 15) is 23.1 Å². The van der Waals surface area contributed by atoms with Crippen LogP contribution < -0.4 is 14.8 Å². The first-order valence-corrected chi connectivity index (χ1v) is 8.79. The average Bonchev–Trinajstić information content (AvgIpc) is 3.05. The molecule has 1 amide bonds. The highest BCUT2D eigenvalue weighted by atomic mass is 32.1. The minimum Gasteiger partial charge on any atom is -0.497 e. The summed E-state index contributed by atoms with van der Waals surface area (Å²) >= 11 is 0.657. The van der Waals surface area contributed by atoms with Gasteiger partial charge in [-0.2, -0.15) is 13.2 Å². The Bertz CT molecular complexity index is 782. The molecule has 1 unspecified atom stereocenters. The average molecular weight is 404 g/mol. The van der Waals surface area contributed by atoms with Crippen molar-refractivity contribution in [3.8, 4) is 11.5 Å². The molecule has 0 spiro atoms. The van der Waals surface area contributed by atoms with E-state index >= 15 is 0 Å². The summed E-state index contributed by atoms with van der Waals surface area (Å²) < 4.78 is 50.5. The number of hydrogen-bond donors (Lipinski definition) is 2. The fourth-order valence-corrected chi connectivity index (χ4v) is 3.10. The van der Waals surface area contributed by atoms with Crippen LogP contribution in [-0.2, 0) is 10.4 Å². The van der Waals surface area contributed by atoms with Gasteiger partial charge in [0.05, 0.1) is 20.1 Å². The summed E-state index contributed by atoms with van der Waals surface area (Å²) in [6.07, 6.45) is -6.21. The third-order valence-electron chi connectivity index (χ3n) is 3.59. The molecule has 0 fully saturated rings. The molecular formula is C17H19F3N2O4S. The fraction of sp³-hybridized carbons (Fsp3) is 0.412. The molecular weight excluding hydrogens is 385 g/mol. The van der Waals surface area contributed by atoms with Gasteiger partial charge in [-0.25, -0.2) is 4.98 Å². The van der Waals surface area contributed by atoms with Gasteiger partial charge in [-0.15, -0.1) is 11.3 Å². The Morgan fingerprint density at radius 1 is 1.33 bits per heavy atom. The number of methoxy groups -OCH3 is 1.